The number of rotatable bonds is 0. The molecular formula is CoMoN6O18. The van der Waals surface area contributed by atoms with Crippen LogP contribution in [0.15, 0.2) is 0 Å². The van der Waals surface area contributed by atoms with Gasteiger partial charge in [-0.3, -0.25) is 0 Å². The standard InChI is InChI=1S/Co.Mo.6NO3/c;;6*2-1(3)4/q+2;+4;6*-1. The van der Waals surface area contributed by atoms with Crippen molar-refractivity contribution in [2.45, 2.75) is 0 Å². The summed E-state index contributed by atoms with van der Waals surface area (Å²) >= 11 is 0. The summed E-state index contributed by atoms with van der Waals surface area (Å²) in [6, 6.07) is 0. The fraction of sp³-hybridized carbons (Fsp3) is 0. The summed E-state index contributed by atoms with van der Waals surface area (Å²) in [6.45, 7) is 0. The van der Waals surface area contributed by atoms with Gasteiger partial charge in [-0.05, 0) is 0 Å². The zero-order valence-corrected chi connectivity index (χ0v) is 13.8. The Kier molecular flexibility index (Phi) is 81.7. The van der Waals surface area contributed by atoms with Gasteiger partial charge in [-0.2, -0.15) is 0 Å². The van der Waals surface area contributed by atoms with E-state index in [0.717, 1.165) is 0 Å². The molecule has 0 N–H and O–H groups in total. The van der Waals surface area contributed by atoms with Crippen molar-refractivity contribution >= 4 is 0 Å². The Hall–Kier alpha value is -3.61. The molecule has 0 aromatic carbocycles. The molecule has 0 aliphatic carbocycles. The maximum atomic E-state index is 8.25. The first-order valence-electron chi connectivity index (χ1n) is 3.29. The quantitative estimate of drug-likeness (QED) is 0.198. The van der Waals surface area contributed by atoms with Gasteiger partial charge >= 0.3 is 37.8 Å². The molecule has 0 saturated heterocycles. The molecule has 0 aliphatic rings. The van der Waals surface area contributed by atoms with Crippen LogP contribution >= 0.6 is 0 Å². The summed E-state index contributed by atoms with van der Waals surface area (Å²) in [6.07, 6.45) is 0. The third-order valence-electron chi connectivity index (χ3n) is 0. The van der Waals surface area contributed by atoms with Crippen molar-refractivity contribution in [1.82, 2.24) is 0 Å². The van der Waals surface area contributed by atoms with Crippen LogP contribution in [0.3, 0.4) is 0 Å². The Labute approximate surface area is 161 Å². The van der Waals surface area contributed by atoms with Gasteiger partial charge in [0.1, 0.15) is 0 Å². The fourth-order valence-electron chi connectivity index (χ4n) is 0. The minimum atomic E-state index is -1.75. The van der Waals surface area contributed by atoms with Crippen LogP contribution in [0.25, 0.3) is 0 Å². The molecule has 0 aliphatic heterocycles. The molecule has 0 unspecified atom stereocenters. The molecule has 0 rings (SSSR count). The third kappa shape index (κ3) is 590. The number of nitrogens with zero attached hydrogens (tertiary/aromatic N) is 6. The van der Waals surface area contributed by atoms with Crippen LogP contribution in [0.5, 0.6) is 0 Å². The van der Waals surface area contributed by atoms with Gasteiger partial charge in [0.15, 0.2) is 0 Å². The summed E-state index contributed by atoms with van der Waals surface area (Å²) in [5.41, 5.74) is 0. The Bertz CT molecular complexity index is 263. The van der Waals surface area contributed by atoms with Crippen LogP contribution in [0.4, 0.5) is 0 Å². The predicted octanol–water partition coefficient (Wildman–Crippen LogP) is -1.44. The van der Waals surface area contributed by atoms with E-state index < -0.39 is 30.5 Å². The van der Waals surface area contributed by atoms with Gasteiger partial charge in [0.05, 0.1) is 30.5 Å². The van der Waals surface area contributed by atoms with Gasteiger partial charge in [-0.15, -0.1) is 0 Å². The molecular weight excluding hydrogens is 527 g/mol. The van der Waals surface area contributed by atoms with Crippen molar-refractivity contribution < 1.29 is 68.4 Å². The van der Waals surface area contributed by atoms with Gasteiger partial charge < -0.3 is 91.9 Å². The van der Waals surface area contributed by atoms with Crippen molar-refractivity contribution in [2.75, 3.05) is 0 Å². The first-order valence-corrected chi connectivity index (χ1v) is 3.29. The van der Waals surface area contributed by atoms with Gasteiger partial charge in [-0.25, -0.2) is 0 Å². The molecule has 0 saturated carbocycles. The zero-order chi connectivity index (χ0) is 21.5. The van der Waals surface area contributed by atoms with Gasteiger partial charge in [0.25, 0.3) is 0 Å². The van der Waals surface area contributed by atoms with E-state index in [0.29, 0.717) is 0 Å². The van der Waals surface area contributed by atoms with Crippen molar-refractivity contribution in [3.8, 4) is 0 Å². The Morgan fingerprint density at radius 3 is 0.308 bits per heavy atom. The normalized spacial score (nSPS) is 5.54. The van der Waals surface area contributed by atoms with Crippen LogP contribution in [-0.4, -0.2) is 30.5 Å². The van der Waals surface area contributed by atoms with Crippen LogP contribution in [0.2, 0.25) is 0 Å². The molecule has 153 valence electrons. The van der Waals surface area contributed by atoms with E-state index in [2.05, 4.69) is 0 Å². The molecule has 0 aromatic heterocycles. The average molecular weight is 527 g/mol. The molecule has 1 radical (unpaired) electrons. The molecule has 24 nitrogen and oxygen atoms in total. The van der Waals surface area contributed by atoms with Crippen molar-refractivity contribution in [1.29, 1.82) is 0 Å². The van der Waals surface area contributed by atoms with Crippen LogP contribution in [0.1, 0.15) is 0 Å². The van der Waals surface area contributed by atoms with Crippen molar-refractivity contribution in [3.63, 3.8) is 0 Å². The zero-order valence-electron chi connectivity index (χ0n) is 10.8. The van der Waals surface area contributed by atoms with Crippen LogP contribution < -0.4 is 0 Å². The van der Waals surface area contributed by atoms with Gasteiger partial charge in [-0.1, -0.05) is 0 Å². The van der Waals surface area contributed by atoms with E-state index in [9.17, 15) is 0 Å². The minimum absolute atomic E-state index is 0. The summed E-state index contributed by atoms with van der Waals surface area (Å²) in [7, 11) is 0. The first-order chi connectivity index (χ1) is 10.4. The van der Waals surface area contributed by atoms with E-state index >= 15 is 0 Å². The maximum Gasteiger partial charge on any atom is 4.00 e. The average Bonchev–Trinajstić information content (AvgIpc) is 2.08. The minimum Gasteiger partial charge on any atom is -0.356 e. The SMILES string of the molecule is O=[N+]([O-])[O-].O=[N+]([O-])[O-].O=[N+]([O-])[O-].O=[N+]([O-])[O-].O=[N+]([O-])[O-].O=[N+]([O-])[O-].[Co+2].[Mo+4]. The van der Waals surface area contributed by atoms with Crippen LogP contribution in [0, 0.1) is 91.9 Å². The van der Waals surface area contributed by atoms with E-state index in [1.807, 2.05) is 0 Å². The molecule has 0 fully saturated rings. The van der Waals surface area contributed by atoms with Crippen molar-refractivity contribution in [3.05, 3.63) is 91.9 Å². The topological polar surface area (TPSA) is 397 Å². The molecule has 0 amide bonds. The van der Waals surface area contributed by atoms with E-state index in [4.69, 9.17) is 91.9 Å². The van der Waals surface area contributed by atoms with Gasteiger partial charge in [0, 0.05) is 0 Å². The maximum absolute atomic E-state index is 8.25. The molecule has 0 atom stereocenters. The number of hydrogen-bond donors (Lipinski definition) is 0. The molecule has 26 heavy (non-hydrogen) atoms. The third-order valence-corrected chi connectivity index (χ3v) is 0. The molecule has 0 heterocycles. The predicted molar refractivity (Wildman–Crippen MR) is 62.2 cm³/mol. The summed E-state index contributed by atoms with van der Waals surface area (Å²) < 4.78 is 0. The summed E-state index contributed by atoms with van der Waals surface area (Å²) in [4.78, 5) is 49.5. The summed E-state index contributed by atoms with van der Waals surface area (Å²) in [5.74, 6) is 0. The largest absolute Gasteiger partial charge is 4.00 e. The molecule has 0 aromatic rings. The molecule has 0 spiro atoms. The van der Waals surface area contributed by atoms with Crippen LogP contribution in [-0.2, 0) is 37.8 Å². The smallest absolute Gasteiger partial charge is 0.356 e. The second-order valence-corrected chi connectivity index (χ2v) is 1.34. The van der Waals surface area contributed by atoms with Crippen molar-refractivity contribution in [2.24, 2.45) is 0 Å². The monoisotopic (exact) mass is 529 g/mol. The second-order valence-electron chi connectivity index (χ2n) is 1.34. The van der Waals surface area contributed by atoms with E-state index in [-0.39, 0.29) is 37.8 Å². The number of hydrogen-bond acceptors (Lipinski definition) is 18. The Morgan fingerprint density at radius 2 is 0.308 bits per heavy atom. The Balaban J connectivity index is -0.0000000245. The summed E-state index contributed by atoms with van der Waals surface area (Å²) in [5, 5.41) is 88.5. The first kappa shape index (κ1) is 49.5. The van der Waals surface area contributed by atoms with Gasteiger partial charge in [0.2, 0.25) is 0 Å². The molecule has 26 heteroatoms. The Morgan fingerprint density at radius 1 is 0.308 bits per heavy atom. The molecule has 0 bridgehead atoms. The van der Waals surface area contributed by atoms with E-state index in [1.165, 1.54) is 0 Å². The second kappa shape index (κ2) is 42.9. The van der Waals surface area contributed by atoms with E-state index in [1.54, 1.807) is 0 Å². The fourth-order valence-corrected chi connectivity index (χ4v) is 0.